The Morgan fingerprint density at radius 1 is 1.22 bits per heavy atom. The van der Waals surface area contributed by atoms with Gasteiger partial charge in [0.1, 0.15) is 0 Å². The molecule has 0 radical (unpaired) electrons. The highest BCUT2D eigenvalue weighted by atomic mass is 16.2. The van der Waals surface area contributed by atoms with Crippen molar-refractivity contribution >= 4 is 23.5 Å². The molecule has 0 aliphatic carbocycles. The number of rotatable bonds is 5. The van der Waals surface area contributed by atoms with Crippen molar-refractivity contribution in [2.45, 2.75) is 32.7 Å². The first-order chi connectivity index (χ1) is 13.0. The zero-order valence-corrected chi connectivity index (χ0v) is 15.4. The van der Waals surface area contributed by atoms with Gasteiger partial charge >= 0.3 is 6.03 Å². The number of para-hydroxylation sites is 1. The second kappa shape index (κ2) is 7.99. The Morgan fingerprint density at radius 3 is 2.70 bits per heavy atom. The number of imide groups is 1. The molecule has 1 aliphatic heterocycles. The van der Waals surface area contributed by atoms with E-state index < -0.39 is 6.03 Å². The first-order valence-corrected chi connectivity index (χ1v) is 8.94. The number of carbonyl (C=O) groups excluding carboxylic acids is 3. The zero-order chi connectivity index (χ0) is 19.4. The number of amides is 4. The third kappa shape index (κ3) is 4.13. The maximum atomic E-state index is 12.9. The minimum Gasteiger partial charge on any atom is -0.344 e. The molecular weight excluding hydrogens is 344 g/mol. The summed E-state index contributed by atoms with van der Waals surface area (Å²) in [4.78, 5) is 42.4. The molecule has 1 aromatic heterocycles. The molecule has 1 saturated heterocycles. The molecule has 0 bridgehead atoms. The van der Waals surface area contributed by atoms with Gasteiger partial charge in [0.05, 0.1) is 23.0 Å². The Labute approximate surface area is 157 Å². The topological polar surface area (TPSA) is 91.4 Å². The fourth-order valence-corrected chi connectivity index (χ4v) is 3.07. The van der Waals surface area contributed by atoms with Crippen LogP contribution in [0.15, 0.2) is 42.5 Å². The molecule has 0 spiro atoms. The lowest BCUT2D eigenvalue weighted by molar-refractivity contribution is -0.120. The van der Waals surface area contributed by atoms with Crippen LogP contribution in [0.3, 0.4) is 0 Å². The maximum absolute atomic E-state index is 12.9. The average molecular weight is 366 g/mol. The molecule has 1 atom stereocenters. The van der Waals surface area contributed by atoms with Crippen LogP contribution in [0.4, 0.5) is 10.5 Å². The fourth-order valence-electron chi connectivity index (χ4n) is 3.07. The van der Waals surface area contributed by atoms with E-state index in [1.54, 1.807) is 24.3 Å². The molecule has 140 valence electrons. The molecule has 7 nitrogen and oxygen atoms in total. The largest absolute Gasteiger partial charge is 0.344 e. The van der Waals surface area contributed by atoms with E-state index in [1.165, 1.54) is 4.90 Å². The monoisotopic (exact) mass is 366 g/mol. The summed E-state index contributed by atoms with van der Waals surface area (Å²) in [6.07, 6.45) is 0.884. The molecule has 2 aromatic rings. The highest BCUT2D eigenvalue weighted by Gasteiger charge is 2.28. The first-order valence-electron chi connectivity index (χ1n) is 8.94. The summed E-state index contributed by atoms with van der Waals surface area (Å²) in [5.74, 6) is -0.597. The highest BCUT2D eigenvalue weighted by Crippen LogP contribution is 2.24. The first kappa shape index (κ1) is 18.6. The van der Waals surface area contributed by atoms with E-state index in [2.05, 4.69) is 15.6 Å². The van der Waals surface area contributed by atoms with Crippen molar-refractivity contribution in [3.63, 3.8) is 0 Å². The number of aromatic nitrogens is 1. The van der Waals surface area contributed by atoms with Crippen LogP contribution in [0.5, 0.6) is 0 Å². The number of urea groups is 1. The predicted octanol–water partition coefficient (Wildman–Crippen LogP) is 2.72. The number of nitrogens with one attached hydrogen (secondary N) is 2. The molecular formula is C20H22N4O3. The Kier molecular flexibility index (Phi) is 5.49. The van der Waals surface area contributed by atoms with Gasteiger partial charge in [-0.25, -0.2) is 4.79 Å². The van der Waals surface area contributed by atoms with E-state index >= 15 is 0 Å². The normalized spacial score (nSPS) is 15.3. The lowest BCUT2D eigenvalue weighted by atomic mass is 10.1. The van der Waals surface area contributed by atoms with E-state index in [1.807, 2.05) is 32.0 Å². The quantitative estimate of drug-likeness (QED) is 0.851. The molecule has 1 fully saturated rings. The number of hydrogen-bond acceptors (Lipinski definition) is 4. The molecule has 0 unspecified atom stereocenters. The van der Waals surface area contributed by atoms with Gasteiger partial charge in [0.2, 0.25) is 5.91 Å². The van der Waals surface area contributed by atoms with Gasteiger partial charge in [0.25, 0.3) is 5.91 Å². The van der Waals surface area contributed by atoms with Crippen LogP contribution in [0, 0.1) is 6.92 Å². The Morgan fingerprint density at radius 2 is 2.00 bits per heavy atom. The summed E-state index contributed by atoms with van der Waals surface area (Å²) in [6.45, 7) is 4.12. The second-order valence-electron chi connectivity index (χ2n) is 6.41. The summed E-state index contributed by atoms with van der Waals surface area (Å²) in [5.41, 5.74) is 2.54. The van der Waals surface area contributed by atoms with Gasteiger partial charge in [-0.05, 0) is 37.6 Å². The smallest absolute Gasteiger partial charge is 0.328 e. The van der Waals surface area contributed by atoms with Crippen molar-refractivity contribution < 1.29 is 14.4 Å². The van der Waals surface area contributed by atoms with Crippen LogP contribution >= 0.6 is 0 Å². The third-order valence-corrected chi connectivity index (χ3v) is 4.47. The van der Waals surface area contributed by atoms with E-state index in [4.69, 9.17) is 0 Å². The van der Waals surface area contributed by atoms with Crippen molar-refractivity contribution in [2.75, 3.05) is 11.4 Å². The van der Waals surface area contributed by atoms with Crippen LogP contribution in [0.2, 0.25) is 0 Å². The molecule has 3 rings (SSSR count). The van der Waals surface area contributed by atoms with Gasteiger partial charge in [-0.3, -0.25) is 24.8 Å². The van der Waals surface area contributed by atoms with Crippen LogP contribution in [0.1, 0.15) is 47.6 Å². The number of carbonyl (C=O) groups is 3. The van der Waals surface area contributed by atoms with Crippen LogP contribution in [-0.4, -0.2) is 29.4 Å². The minimum absolute atomic E-state index is 0.201. The van der Waals surface area contributed by atoms with Gasteiger partial charge in [-0.15, -0.1) is 0 Å². The van der Waals surface area contributed by atoms with Crippen molar-refractivity contribution in [3.8, 4) is 0 Å². The number of nitrogens with zero attached hydrogens (tertiary/aromatic N) is 2. The number of hydrogen-bond donors (Lipinski definition) is 2. The second-order valence-corrected chi connectivity index (χ2v) is 6.41. The van der Waals surface area contributed by atoms with Gasteiger partial charge < -0.3 is 5.32 Å². The standard InChI is InChI=1S/C20H22N4O3/c1-3-15(16-9-6-7-13(2)21-16)22-19(26)14-8-4-5-10-17(14)24-12-11-18(25)23-20(24)27/h4-10,15H,3,11-12H2,1-2H3,(H,22,26)(H,23,25,27)/t15-/m0/s1. The van der Waals surface area contributed by atoms with Crippen molar-refractivity contribution in [2.24, 2.45) is 0 Å². The van der Waals surface area contributed by atoms with Crippen molar-refractivity contribution in [1.29, 1.82) is 0 Å². The van der Waals surface area contributed by atoms with Gasteiger partial charge in [-0.2, -0.15) is 0 Å². The molecule has 7 heteroatoms. The maximum Gasteiger partial charge on any atom is 0.328 e. The van der Waals surface area contributed by atoms with E-state index in [9.17, 15) is 14.4 Å². The SMILES string of the molecule is CC[C@H](NC(=O)c1ccccc1N1CCC(=O)NC1=O)c1cccc(C)n1. The molecule has 1 aromatic carbocycles. The van der Waals surface area contributed by atoms with E-state index in [-0.39, 0.29) is 30.8 Å². The van der Waals surface area contributed by atoms with Crippen LogP contribution in [0.25, 0.3) is 0 Å². The van der Waals surface area contributed by atoms with Gasteiger partial charge in [0.15, 0.2) is 0 Å². The number of pyridine rings is 1. The summed E-state index contributed by atoms with van der Waals surface area (Å²) >= 11 is 0. The summed E-state index contributed by atoms with van der Waals surface area (Å²) in [6, 6.07) is 11.8. The molecule has 2 heterocycles. The molecule has 2 N–H and O–H groups in total. The molecule has 1 aliphatic rings. The third-order valence-electron chi connectivity index (χ3n) is 4.47. The fraction of sp³-hybridized carbons (Fsp3) is 0.300. The van der Waals surface area contributed by atoms with Crippen molar-refractivity contribution in [1.82, 2.24) is 15.6 Å². The Bertz CT molecular complexity index is 881. The summed E-state index contributed by atoms with van der Waals surface area (Å²) < 4.78 is 0. The number of aryl methyl sites for hydroxylation is 1. The lowest BCUT2D eigenvalue weighted by Crippen LogP contribution is -2.50. The Hall–Kier alpha value is -3.22. The lowest BCUT2D eigenvalue weighted by Gasteiger charge is -2.28. The van der Waals surface area contributed by atoms with Crippen LogP contribution < -0.4 is 15.5 Å². The highest BCUT2D eigenvalue weighted by molar-refractivity contribution is 6.09. The molecule has 4 amide bonds. The van der Waals surface area contributed by atoms with Crippen LogP contribution in [-0.2, 0) is 4.79 Å². The zero-order valence-electron chi connectivity index (χ0n) is 15.4. The molecule has 27 heavy (non-hydrogen) atoms. The summed E-state index contributed by atoms with van der Waals surface area (Å²) in [5, 5.41) is 5.29. The predicted molar refractivity (Wildman–Crippen MR) is 101 cm³/mol. The van der Waals surface area contributed by atoms with Gasteiger partial charge in [-0.1, -0.05) is 25.1 Å². The average Bonchev–Trinajstić information content (AvgIpc) is 2.66. The Balaban J connectivity index is 1.85. The van der Waals surface area contributed by atoms with E-state index in [0.717, 1.165) is 11.4 Å². The van der Waals surface area contributed by atoms with E-state index in [0.29, 0.717) is 17.7 Å². The number of benzene rings is 1. The minimum atomic E-state index is -0.515. The van der Waals surface area contributed by atoms with Crippen molar-refractivity contribution in [3.05, 3.63) is 59.4 Å². The number of anilines is 1. The summed E-state index contributed by atoms with van der Waals surface area (Å²) in [7, 11) is 0. The van der Waals surface area contributed by atoms with Gasteiger partial charge in [0, 0.05) is 18.7 Å². The molecule has 0 saturated carbocycles.